The first kappa shape index (κ1) is 92.6. The summed E-state index contributed by atoms with van der Waals surface area (Å²) in [5, 5.41) is 13.1. The number of methoxy groups -OCH3 is 4. The quantitative estimate of drug-likeness (QED) is 0.0785. The third kappa shape index (κ3) is 25.2. The fourth-order valence-electron chi connectivity index (χ4n) is 14.5. The standard InChI is InChI=1S/C21H27NO3.C21H25NO3.C18H16O.C16H28BNO4.C16H19NO.C2H6.CH3.ClH.Pd/c2*1-21(2,3)25-20(23)22-13-11-15(12-14-22)16-9-10-19(24-4)18-8-6-5-7-17(16)18;1-19-18-12-11-15(13-14-7-3-2-4-8-14)16-9-5-6-10-17(16)18;1-14(2,3)20-13(19)18-10-8-12(9-11-18)17-21-15(4,5)16(6,7)22-17;1-18-16-7-6-13(12-8-10-17-11-9-12)14-4-2-3-5-15(14)16;1-2;;;/h5-10,15H,11-14H2,1-4H3;5-11H,12-14H2,1-4H3;2-12H,13H2,1H3;8H,9-11H2,1-7H3;2-7,12,17H,8-11H2,1H3;1-2H3;1H3;1H;/q;;;;;;-1;;/i;;;;;1D;;;. The smallest absolute Gasteiger partial charge is 0.490 e. The molecule has 0 saturated carbocycles. The number of amides is 3. The average molecular weight is 1670 g/mol. The molecular formula is C95H125BClN4O12Pd-. The minimum Gasteiger partial charge on any atom is -0.496 e. The van der Waals surface area contributed by atoms with Crippen molar-refractivity contribution in [3.63, 3.8) is 0 Å². The van der Waals surface area contributed by atoms with Crippen LogP contribution in [0.15, 0.2) is 194 Å². The molecule has 0 radical (unpaired) electrons. The number of carbonyl (C=O) groups excluding carboxylic acids is 3. The van der Waals surface area contributed by atoms with Crippen LogP contribution in [-0.4, -0.2) is 149 Å². The van der Waals surface area contributed by atoms with Gasteiger partial charge in [0, 0.05) is 82.6 Å². The van der Waals surface area contributed by atoms with Gasteiger partial charge in [-0.1, -0.05) is 178 Å². The van der Waals surface area contributed by atoms with Crippen molar-refractivity contribution in [1.82, 2.24) is 20.0 Å². The summed E-state index contributed by atoms with van der Waals surface area (Å²) in [5.41, 5.74) is 7.04. The van der Waals surface area contributed by atoms with Gasteiger partial charge in [-0.2, -0.15) is 0 Å². The van der Waals surface area contributed by atoms with E-state index in [1.165, 1.54) is 78.5 Å². The molecule has 5 aliphatic heterocycles. The molecule has 0 unspecified atom stereocenters. The van der Waals surface area contributed by atoms with Crippen LogP contribution in [0.4, 0.5) is 14.4 Å². The van der Waals surface area contributed by atoms with Gasteiger partial charge in [0.1, 0.15) is 39.8 Å². The summed E-state index contributed by atoms with van der Waals surface area (Å²) in [6, 6.07) is 61.1. The normalized spacial score (nSPS) is 16.1. The summed E-state index contributed by atoms with van der Waals surface area (Å²) < 4.78 is 56.5. The molecule has 618 valence electrons. The molecule has 1 N–H and O–H groups in total. The fraction of sp³-hybridized carbons (Fsp3) is 0.432. The van der Waals surface area contributed by atoms with E-state index in [-0.39, 0.29) is 76.9 Å². The maximum atomic E-state index is 12.2. The number of benzene rings is 9. The van der Waals surface area contributed by atoms with Crippen molar-refractivity contribution in [2.75, 3.05) is 80.8 Å². The molecule has 0 aromatic heterocycles. The number of carbonyl (C=O) groups is 3. The maximum Gasteiger partial charge on any atom is 0.490 e. The first-order chi connectivity index (χ1) is 53.4. The zero-order valence-electron chi connectivity index (χ0n) is 71.9. The second kappa shape index (κ2) is 42.9. The van der Waals surface area contributed by atoms with Gasteiger partial charge in [0.05, 0.1) is 39.6 Å². The van der Waals surface area contributed by atoms with Crippen LogP contribution >= 0.6 is 12.4 Å². The molecule has 0 aliphatic carbocycles. The van der Waals surface area contributed by atoms with E-state index in [1.54, 1.807) is 45.2 Å². The van der Waals surface area contributed by atoms with Crippen LogP contribution < -0.4 is 24.3 Å². The molecule has 0 bridgehead atoms. The van der Waals surface area contributed by atoms with Crippen molar-refractivity contribution in [3.05, 3.63) is 229 Å². The predicted octanol–water partition coefficient (Wildman–Crippen LogP) is 22.7. The average Bonchev–Trinajstić information content (AvgIpc) is 0.984. The molecule has 5 aliphatic rings. The Labute approximate surface area is 701 Å². The Hall–Kier alpha value is -8.59. The van der Waals surface area contributed by atoms with Crippen molar-refractivity contribution in [2.24, 2.45) is 0 Å². The third-order valence-electron chi connectivity index (χ3n) is 20.8. The van der Waals surface area contributed by atoms with E-state index in [9.17, 15) is 14.4 Å². The van der Waals surface area contributed by atoms with E-state index in [2.05, 4.69) is 163 Å². The number of hydrogen-bond acceptors (Lipinski definition) is 13. The largest absolute Gasteiger partial charge is 0.496 e. The minimum atomic E-state index is -0.465. The monoisotopic (exact) mass is 1670 g/mol. The van der Waals surface area contributed by atoms with E-state index in [0.29, 0.717) is 44.9 Å². The summed E-state index contributed by atoms with van der Waals surface area (Å²) in [6.07, 6.45) is 10.3. The molecule has 3 amide bonds. The maximum absolute atomic E-state index is 12.2. The Morgan fingerprint density at radius 2 is 0.825 bits per heavy atom. The number of ether oxygens (including phenoxy) is 7. The van der Waals surface area contributed by atoms with Crippen molar-refractivity contribution in [1.29, 1.82) is 0 Å². The molecule has 19 heteroatoms. The summed E-state index contributed by atoms with van der Waals surface area (Å²) >= 11 is 0. The number of nitrogens with one attached hydrogen (secondary N) is 1. The molecule has 5 heterocycles. The second-order valence-electron chi connectivity index (χ2n) is 32.5. The van der Waals surface area contributed by atoms with Crippen LogP contribution in [0.5, 0.6) is 23.0 Å². The van der Waals surface area contributed by atoms with Gasteiger partial charge >= 0.3 is 25.4 Å². The Kier molecular flexibility index (Phi) is 34.8. The SMILES string of the molecule is CC(C)(C)OC(=O)N1CC=C(B2OC(C)(C)C(C)(C)O2)CC1.COc1ccc(C2=CCN(C(=O)OC(C)(C)C)CC2)c2ccccc12.COc1ccc(C2CCN(C(=O)OC(C)(C)C)CC2)c2ccccc12.COc1ccc(C2CCNCC2)c2ccccc12.COc1ccc(Cc2ccccc2)c2ccccc12.Cl.[2H]CC.[CH3-].[Pd]. The van der Waals surface area contributed by atoms with Gasteiger partial charge in [-0.25, -0.2) is 14.4 Å². The van der Waals surface area contributed by atoms with Gasteiger partial charge in [0.15, 0.2) is 0 Å². The number of likely N-dealkylation sites (tertiary alicyclic amines) is 1. The molecule has 114 heavy (non-hydrogen) atoms. The molecule has 3 fully saturated rings. The van der Waals surface area contributed by atoms with Crippen LogP contribution in [-0.2, 0) is 50.4 Å². The number of fused-ring (bicyclic) bond motifs is 4. The van der Waals surface area contributed by atoms with E-state index in [4.69, 9.17) is 43.8 Å². The van der Waals surface area contributed by atoms with Crippen molar-refractivity contribution in [2.45, 2.75) is 189 Å². The molecule has 0 spiro atoms. The molecule has 9 aromatic carbocycles. The van der Waals surface area contributed by atoms with Gasteiger partial charge in [-0.05, 0) is 245 Å². The van der Waals surface area contributed by atoms with Crippen LogP contribution in [0.25, 0.3) is 48.7 Å². The summed E-state index contributed by atoms with van der Waals surface area (Å²) in [7, 11) is 6.55. The predicted molar refractivity (Wildman–Crippen MR) is 468 cm³/mol. The Balaban J connectivity index is 0.000000221. The van der Waals surface area contributed by atoms with Gasteiger partial charge in [-0.3, -0.25) is 0 Å². The molecule has 0 atom stereocenters. The second-order valence-corrected chi connectivity index (χ2v) is 32.5. The molecule has 16 nitrogen and oxygen atoms in total. The van der Waals surface area contributed by atoms with E-state index < -0.39 is 16.8 Å². The van der Waals surface area contributed by atoms with Gasteiger partial charge in [0.25, 0.3) is 0 Å². The molecule has 14 rings (SSSR count). The van der Waals surface area contributed by atoms with Crippen LogP contribution in [0, 0.1) is 7.43 Å². The van der Waals surface area contributed by atoms with Crippen molar-refractivity contribution < 1.29 is 78.6 Å². The fourth-order valence-corrected chi connectivity index (χ4v) is 14.5. The summed E-state index contributed by atoms with van der Waals surface area (Å²) in [4.78, 5) is 41.8. The zero-order chi connectivity index (χ0) is 81.0. The zero-order valence-corrected chi connectivity index (χ0v) is 73.3. The minimum absolute atomic E-state index is 0. The van der Waals surface area contributed by atoms with E-state index in [0.717, 1.165) is 97.5 Å². The Morgan fingerprint density at radius 1 is 0.465 bits per heavy atom. The third-order valence-corrected chi connectivity index (χ3v) is 20.8. The van der Waals surface area contributed by atoms with Gasteiger partial charge in [0.2, 0.25) is 0 Å². The number of piperidine rings is 2. The summed E-state index contributed by atoms with van der Waals surface area (Å²) in [5.74, 6) is 4.84. The number of nitrogens with zero attached hydrogens (tertiary/aromatic N) is 3. The van der Waals surface area contributed by atoms with Gasteiger partial charge < -0.3 is 69.9 Å². The van der Waals surface area contributed by atoms with Gasteiger partial charge in [-0.15, -0.1) is 12.4 Å². The molecule has 9 aromatic rings. The Bertz CT molecular complexity index is 4660. The Morgan fingerprint density at radius 3 is 1.24 bits per heavy atom. The van der Waals surface area contributed by atoms with E-state index >= 15 is 0 Å². The number of hydrogen-bond donors (Lipinski definition) is 1. The summed E-state index contributed by atoms with van der Waals surface area (Å²) in [6.45, 7) is 33.6. The first-order valence-corrected chi connectivity index (χ1v) is 39.3. The van der Waals surface area contributed by atoms with Crippen LogP contribution in [0.3, 0.4) is 0 Å². The number of halogens is 1. The van der Waals surface area contributed by atoms with Crippen LogP contribution in [0.2, 0.25) is 0 Å². The number of rotatable bonds is 10. The van der Waals surface area contributed by atoms with Crippen LogP contribution in [0.1, 0.15) is 183 Å². The molecular weight excluding hydrogens is 1540 g/mol. The van der Waals surface area contributed by atoms with Crippen molar-refractivity contribution >= 4 is 86.5 Å². The first-order valence-electron chi connectivity index (χ1n) is 40.0. The topological polar surface area (TPSA) is 156 Å². The molecule has 3 saturated heterocycles. The van der Waals surface area contributed by atoms with Crippen molar-refractivity contribution in [3.8, 4) is 23.0 Å². The van der Waals surface area contributed by atoms with E-state index in [1.807, 2.05) is 125 Å².